The molecular formula is C22H27N3O2. The van der Waals surface area contributed by atoms with Crippen LogP contribution in [0.5, 0.6) is 5.75 Å². The van der Waals surface area contributed by atoms with E-state index in [0.29, 0.717) is 6.54 Å². The number of benzene rings is 2. The zero-order chi connectivity index (χ0) is 18.8. The molecule has 0 bridgehead atoms. The number of ether oxygens (including phenoxy) is 1. The lowest BCUT2D eigenvalue weighted by molar-refractivity contribution is -0.125. The van der Waals surface area contributed by atoms with E-state index in [2.05, 4.69) is 51.5 Å². The molecule has 0 aromatic heterocycles. The van der Waals surface area contributed by atoms with Crippen molar-refractivity contribution in [3.05, 3.63) is 54.1 Å². The van der Waals surface area contributed by atoms with E-state index in [9.17, 15) is 4.79 Å². The number of carbonyl (C=O) groups is 1. The number of carbonyl (C=O) groups excluding carboxylic acids is 1. The number of hydrogen-bond acceptors (Lipinski definition) is 4. The van der Waals surface area contributed by atoms with Crippen LogP contribution in [0.25, 0.3) is 0 Å². The van der Waals surface area contributed by atoms with Crippen molar-refractivity contribution in [2.45, 2.75) is 19.4 Å². The molecule has 27 heavy (non-hydrogen) atoms. The van der Waals surface area contributed by atoms with Gasteiger partial charge in [-0.3, -0.25) is 4.79 Å². The van der Waals surface area contributed by atoms with Crippen molar-refractivity contribution in [1.29, 1.82) is 0 Å². The smallest absolute Gasteiger partial charge is 0.225 e. The summed E-state index contributed by atoms with van der Waals surface area (Å²) in [6, 6.07) is 16.9. The van der Waals surface area contributed by atoms with Crippen LogP contribution in [0.15, 0.2) is 48.5 Å². The monoisotopic (exact) mass is 365 g/mol. The zero-order valence-corrected chi connectivity index (χ0v) is 16.0. The Hall–Kier alpha value is -2.69. The predicted octanol–water partition coefficient (Wildman–Crippen LogP) is 2.70. The molecule has 2 heterocycles. The maximum absolute atomic E-state index is 12.8. The minimum absolute atomic E-state index is 0.0269. The Kier molecular flexibility index (Phi) is 4.92. The first-order valence-electron chi connectivity index (χ1n) is 9.72. The Bertz CT molecular complexity index is 805. The Labute approximate surface area is 160 Å². The van der Waals surface area contributed by atoms with Crippen LogP contribution < -0.4 is 19.9 Å². The van der Waals surface area contributed by atoms with Crippen LogP contribution in [0.1, 0.15) is 12.5 Å². The Morgan fingerprint density at radius 3 is 2.67 bits per heavy atom. The van der Waals surface area contributed by atoms with Crippen LogP contribution in [0.2, 0.25) is 0 Å². The number of hydrogen-bond donors (Lipinski definition) is 1. The zero-order valence-electron chi connectivity index (χ0n) is 16.0. The first kappa shape index (κ1) is 17.7. The molecule has 2 aliphatic rings. The first-order valence-corrected chi connectivity index (χ1v) is 9.72. The highest BCUT2D eigenvalue weighted by molar-refractivity contribution is 5.82. The lowest BCUT2D eigenvalue weighted by atomic mass is 9.83. The number of methoxy groups -OCH3 is 1. The first-order chi connectivity index (χ1) is 13.2. The van der Waals surface area contributed by atoms with Gasteiger partial charge in [-0.15, -0.1) is 0 Å². The van der Waals surface area contributed by atoms with E-state index in [1.165, 1.54) is 16.9 Å². The van der Waals surface area contributed by atoms with E-state index < -0.39 is 0 Å². The molecule has 1 amide bonds. The lowest BCUT2D eigenvalue weighted by Crippen LogP contribution is -2.61. The molecule has 1 fully saturated rings. The predicted molar refractivity (Wildman–Crippen MR) is 109 cm³/mol. The van der Waals surface area contributed by atoms with Crippen LogP contribution in [0.3, 0.4) is 0 Å². The molecule has 1 N–H and O–H groups in total. The molecule has 4 rings (SSSR count). The summed E-state index contributed by atoms with van der Waals surface area (Å²) in [5.41, 5.74) is 3.75. The maximum Gasteiger partial charge on any atom is 0.225 e. The molecule has 0 radical (unpaired) electrons. The quantitative estimate of drug-likeness (QED) is 0.905. The standard InChI is InChI=1S/C22H27N3O2/c1-3-23-22(26)19-14-16-6-4-5-7-20(16)25-13-12-24(15-21(19)25)17-8-10-18(27-2)11-9-17/h4-11,19,21H,3,12-15H2,1-2H3,(H,23,26). The summed E-state index contributed by atoms with van der Waals surface area (Å²) in [4.78, 5) is 17.6. The molecule has 1 saturated heterocycles. The molecule has 0 spiro atoms. The van der Waals surface area contributed by atoms with Gasteiger partial charge in [0.1, 0.15) is 5.75 Å². The Morgan fingerprint density at radius 1 is 1.15 bits per heavy atom. The van der Waals surface area contributed by atoms with Crippen molar-refractivity contribution in [2.24, 2.45) is 5.92 Å². The summed E-state index contributed by atoms with van der Waals surface area (Å²) in [6.07, 6.45) is 0.805. The van der Waals surface area contributed by atoms with E-state index in [0.717, 1.165) is 31.8 Å². The van der Waals surface area contributed by atoms with Gasteiger partial charge in [0.25, 0.3) is 0 Å². The third kappa shape index (κ3) is 3.34. The number of para-hydroxylation sites is 1. The van der Waals surface area contributed by atoms with Crippen LogP contribution >= 0.6 is 0 Å². The lowest BCUT2D eigenvalue weighted by Gasteiger charge is -2.49. The molecule has 2 aliphatic heterocycles. The molecule has 0 aliphatic carbocycles. The van der Waals surface area contributed by atoms with Gasteiger partial charge in [0, 0.05) is 37.6 Å². The van der Waals surface area contributed by atoms with Crippen LogP contribution in [0, 0.1) is 5.92 Å². The largest absolute Gasteiger partial charge is 0.497 e. The average molecular weight is 365 g/mol. The molecule has 2 aromatic rings. The highest BCUT2D eigenvalue weighted by Gasteiger charge is 2.41. The number of rotatable bonds is 4. The van der Waals surface area contributed by atoms with Gasteiger partial charge >= 0.3 is 0 Å². The molecule has 142 valence electrons. The molecule has 2 unspecified atom stereocenters. The number of anilines is 2. The van der Waals surface area contributed by atoms with E-state index in [1.54, 1.807) is 7.11 Å². The fraction of sp³-hybridized carbons (Fsp3) is 0.409. The third-order valence-corrected chi connectivity index (χ3v) is 5.75. The summed E-state index contributed by atoms with van der Waals surface area (Å²) >= 11 is 0. The minimum atomic E-state index is -0.0269. The van der Waals surface area contributed by atoms with Crippen molar-refractivity contribution >= 4 is 17.3 Å². The molecule has 5 heteroatoms. The van der Waals surface area contributed by atoms with Crippen LogP contribution in [0.4, 0.5) is 11.4 Å². The number of piperazine rings is 1. The van der Waals surface area contributed by atoms with E-state index in [1.807, 2.05) is 19.1 Å². The molecule has 5 nitrogen and oxygen atoms in total. The fourth-order valence-corrected chi connectivity index (χ4v) is 4.39. The molecule has 2 aromatic carbocycles. The third-order valence-electron chi connectivity index (χ3n) is 5.75. The maximum atomic E-state index is 12.8. The summed E-state index contributed by atoms with van der Waals surface area (Å²) in [5, 5.41) is 3.05. The van der Waals surface area contributed by atoms with Crippen molar-refractivity contribution in [3.8, 4) is 5.75 Å². The fourth-order valence-electron chi connectivity index (χ4n) is 4.39. The SMILES string of the molecule is CCNC(=O)C1Cc2ccccc2N2CCN(c3ccc(OC)cc3)CC12. The average Bonchev–Trinajstić information content (AvgIpc) is 2.73. The Morgan fingerprint density at radius 2 is 1.93 bits per heavy atom. The summed E-state index contributed by atoms with van der Waals surface area (Å²) in [7, 11) is 1.68. The van der Waals surface area contributed by atoms with Gasteiger partial charge in [-0.05, 0) is 49.2 Å². The van der Waals surface area contributed by atoms with Gasteiger partial charge in [0.15, 0.2) is 0 Å². The summed E-state index contributed by atoms with van der Waals surface area (Å²) < 4.78 is 5.28. The normalized spacial score (nSPS) is 21.3. The van der Waals surface area contributed by atoms with Gasteiger partial charge in [0.2, 0.25) is 5.91 Å². The van der Waals surface area contributed by atoms with E-state index in [-0.39, 0.29) is 17.9 Å². The highest BCUT2D eigenvalue weighted by Crippen LogP contribution is 2.37. The van der Waals surface area contributed by atoms with E-state index in [4.69, 9.17) is 4.74 Å². The van der Waals surface area contributed by atoms with Gasteiger partial charge < -0.3 is 19.9 Å². The molecular weight excluding hydrogens is 338 g/mol. The Balaban J connectivity index is 1.62. The van der Waals surface area contributed by atoms with Crippen molar-refractivity contribution < 1.29 is 9.53 Å². The van der Waals surface area contributed by atoms with Gasteiger partial charge in [0.05, 0.1) is 19.1 Å². The number of fused-ring (bicyclic) bond motifs is 3. The van der Waals surface area contributed by atoms with Gasteiger partial charge in [-0.1, -0.05) is 18.2 Å². The van der Waals surface area contributed by atoms with Gasteiger partial charge in [-0.25, -0.2) is 0 Å². The second-order valence-electron chi connectivity index (χ2n) is 7.24. The molecule has 2 atom stereocenters. The minimum Gasteiger partial charge on any atom is -0.497 e. The second kappa shape index (κ2) is 7.51. The van der Waals surface area contributed by atoms with Crippen molar-refractivity contribution in [3.63, 3.8) is 0 Å². The van der Waals surface area contributed by atoms with Crippen molar-refractivity contribution in [2.75, 3.05) is 43.1 Å². The van der Waals surface area contributed by atoms with Crippen LogP contribution in [-0.4, -0.2) is 45.2 Å². The molecule has 0 saturated carbocycles. The number of amides is 1. The number of nitrogens with one attached hydrogen (secondary N) is 1. The van der Waals surface area contributed by atoms with Crippen molar-refractivity contribution in [1.82, 2.24) is 5.32 Å². The second-order valence-corrected chi connectivity index (χ2v) is 7.24. The topological polar surface area (TPSA) is 44.8 Å². The highest BCUT2D eigenvalue weighted by atomic mass is 16.5. The van der Waals surface area contributed by atoms with Gasteiger partial charge in [-0.2, -0.15) is 0 Å². The number of nitrogens with zero attached hydrogens (tertiary/aromatic N) is 2. The summed E-state index contributed by atoms with van der Waals surface area (Å²) in [5.74, 6) is 1.00. The summed E-state index contributed by atoms with van der Waals surface area (Å²) in [6.45, 7) is 5.37. The van der Waals surface area contributed by atoms with E-state index >= 15 is 0 Å². The van der Waals surface area contributed by atoms with Crippen LogP contribution in [-0.2, 0) is 11.2 Å².